The molecule has 1 amide bonds. The van der Waals surface area contributed by atoms with Gasteiger partial charge in [-0.3, -0.25) is 4.79 Å². The topological polar surface area (TPSA) is 56.8 Å². The van der Waals surface area contributed by atoms with Gasteiger partial charge in [-0.05, 0) is 19.9 Å². The molecule has 0 bridgehead atoms. The maximum absolute atomic E-state index is 11.5. The van der Waals surface area contributed by atoms with Gasteiger partial charge in [0.2, 0.25) is 5.91 Å². The summed E-state index contributed by atoms with van der Waals surface area (Å²) in [6.45, 7) is 4.66. The minimum absolute atomic E-state index is 0.0190. The number of ether oxygens (including phenoxy) is 3. The molecule has 0 saturated heterocycles. The fourth-order valence-corrected chi connectivity index (χ4v) is 1.78. The Morgan fingerprint density at radius 3 is 2.53 bits per heavy atom. The van der Waals surface area contributed by atoms with Gasteiger partial charge in [-0.25, -0.2) is 0 Å². The maximum Gasteiger partial charge on any atom is 0.250 e. The number of hydrogen-bond donors (Lipinski definition) is 1. The first-order valence-corrected chi connectivity index (χ1v) is 6.38. The van der Waals surface area contributed by atoms with Crippen molar-refractivity contribution in [3.8, 4) is 11.5 Å². The van der Waals surface area contributed by atoms with Crippen molar-refractivity contribution in [2.75, 3.05) is 32.2 Å². The lowest BCUT2D eigenvalue weighted by molar-refractivity contribution is -0.119. The first kappa shape index (κ1) is 15.6. The summed E-state index contributed by atoms with van der Waals surface area (Å²) in [5.41, 5.74) is 0.541. The van der Waals surface area contributed by atoms with Gasteiger partial charge in [0.1, 0.15) is 6.61 Å². The highest BCUT2D eigenvalue weighted by Crippen LogP contribution is 2.38. The number of halogens is 1. The zero-order valence-electron chi connectivity index (χ0n) is 11.3. The monoisotopic (exact) mass is 287 g/mol. The van der Waals surface area contributed by atoms with Crippen LogP contribution in [-0.2, 0) is 9.53 Å². The molecule has 0 aliphatic rings. The lowest BCUT2D eigenvalue weighted by Gasteiger charge is -2.14. The molecule has 0 aliphatic heterocycles. The molecule has 1 N–H and O–H groups in total. The third-order valence-corrected chi connectivity index (χ3v) is 2.44. The minimum Gasteiger partial charge on any atom is -0.490 e. The SMILES string of the molecule is CCOc1cc(NC(=O)COC)cc(Cl)c1OCC. The predicted molar refractivity (Wildman–Crippen MR) is 74.3 cm³/mol. The number of nitrogens with one attached hydrogen (secondary N) is 1. The molecule has 0 aliphatic carbocycles. The van der Waals surface area contributed by atoms with Crippen LogP contribution in [-0.4, -0.2) is 32.8 Å². The van der Waals surface area contributed by atoms with Crippen molar-refractivity contribution in [3.63, 3.8) is 0 Å². The second-order valence-electron chi connectivity index (χ2n) is 3.63. The van der Waals surface area contributed by atoms with Crippen molar-refractivity contribution in [3.05, 3.63) is 17.2 Å². The van der Waals surface area contributed by atoms with Crippen molar-refractivity contribution in [2.24, 2.45) is 0 Å². The number of carbonyl (C=O) groups is 1. The van der Waals surface area contributed by atoms with E-state index < -0.39 is 0 Å². The highest BCUT2D eigenvalue weighted by molar-refractivity contribution is 6.32. The van der Waals surface area contributed by atoms with Crippen molar-refractivity contribution < 1.29 is 19.0 Å². The van der Waals surface area contributed by atoms with Crippen LogP contribution in [0.2, 0.25) is 5.02 Å². The molecule has 0 spiro atoms. The summed E-state index contributed by atoms with van der Waals surface area (Å²) in [4.78, 5) is 11.5. The normalized spacial score (nSPS) is 10.1. The molecule has 1 rings (SSSR count). The van der Waals surface area contributed by atoms with E-state index in [1.807, 2.05) is 13.8 Å². The van der Waals surface area contributed by atoms with E-state index in [9.17, 15) is 4.79 Å². The number of methoxy groups -OCH3 is 1. The second-order valence-corrected chi connectivity index (χ2v) is 4.04. The Morgan fingerprint density at radius 2 is 1.95 bits per heavy atom. The Balaban J connectivity index is 2.98. The van der Waals surface area contributed by atoms with Gasteiger partial charge in [0, 0.05) is 18.9 Å². The van der Waals surface area contributed by atoms with E-state index in [0.717, 1.165) is 0 Å². The molecular weight excluding hydrogens is 270 g/mol. The van der Waals surface area contributed by atoms with Crippen LogP contribution in [0.3, 0.4) is 0 Å². The Bertz CT molecular complexity index is 437. The highest BCUT2D eigenvalue weighted by atomic mass is 35.5. The van der Waals surface area contributed by atoms with Gasteiger partial charge in [0.25, 0.3) is 0 Å². The van der Waals surface area contributed by atoms with Crippen LogP contribution in [0.4, 0.5) is 5.69 Å². The van der Waals surface area contributed by atoms with E-state index in [1.54, 1.807) is 12.1 Å². The first-order valence-electron chi connectivity index (χ1n) is 6.00. The maximum atomic E-state index is 11.5. The molecule has 0 heterocycles. The molecule has 1 aromatic carbocycles. The summed E-state index contributed by atoms with van der Waals surface area (Å²) < 4.78 is 15.6. The fourth-order valence-electron chi connectivity index (χ4n) is 1.52. The Morgan fingerprint density at radius 1 is 1.26 bits per heavy atom. The molecule has 0 unspecified atom stereocenters. The van der Waals surface area contributed by atoms with Gasteiger partial charge in [0.15, 0.2) is 11.5 Å². The smallest absolute Gasteiger partial charge is 0.250 e. The second kappa shape index (κ2) is 7.86. The molecule has 0 radical (unpaired) electrons. The number of amides is 1. The molecule has 19 heavy (non-hydrogen) atoms. The molecule has 106 valence electrons. The molecule has 0 aromatic heterocycles. The van der Waals surface area contributed by atoms with Crippen LogP contribution in [0.5, 0.6) is 11.5 Å². The van der Waals surface area contributed by atoms with Gasteiger partial charge in [-0.2, -0.15) is 0 Å². The molecule has 0 saturated carbocycles. The van der Waals surface area contributed by atoms with Crippen LogP contribution in [0, 0.1) is 0 Å². The van der Waals surface area contributed by atoms with Crippen LogP contribution >= 0.6 is 11.6 Å². The van der Waals surface area contributed by atoms with E-state index in [1.165, 1.54) is 7.11 Å². The van der Waals surface area contributed by atoms with Crippen molar-refractivity contribution >= 4 is 23.2 Å². The van der Waals surface area contributed by atoms with E-state index in [2.05, 4.69) is 5.32 Å². The van der Waals surface area contributed by atoms with Gasteiger partial charge in [0.05, 0.1) is 18.2 Å². The molecule has 0 atom stereocenters. The Hall–Kier alpha value is -1.46. The van der Waals surface area contributed by atoms with E-state index in [4.69, 9.17) is 25.8 Å². The van der Waals surface area contributed by atoms with E-state index in [-0.39, 0.29) is 12.5 Å². The van der Waals surface area contributed by atoms with Crippen LogP contribution < -0.4 is 14.8 Å². The average Bonchev–Trinajstić information content (AvgIpc) is 2.34. The lowest BCUT2D eigenvalue weighted by Crippen LogP contribution is -2.17. The molecule has 6 heteroatoms. The van der Waals surface area contributed by atoms with Crippen molar-refractivity contribution in [1.29, 1.82) is 0 Å². The summed E-state index contributed by atoms with van der Waals surface area (Å²) in [5, 5.41) is 3.06. The average molecular weight is 288 g/mol. The molecule has 1 aromatic rings. The zero-order chi connectivity index (χ0) is 14.3. The fraction of sp³-hybridized carbons (Fsp3) is 0.462. The molecule has 5 nitrogen and oxygen atoms in total. The Labute approximate surface area is 117 Å². The van der Waals surface area contributed by atoms with Crippen molar-refractivity contribution in [2.45, 2.75) is 13.8 Å². The third kappa shape index (κ3) is 4.61. The predicted octanol–water partition coefficient (Wildman–Crippen LogP) is 2.72. The summed E-state index contributed by atoms with van der Waals surface area (Å²) in [6.07, 6.45) is 0. The van der Waals surface area contributed by atoms with Crippen LogP contribution in [0.1, 0.15) is 13.8 Å². The highest BCUT2D eigenvalue weighted by Gasteiger charge is 2.13. The number of hydrogen-bond acceptors (Lipinski definition) is 4. The largest absolute Gasteiger partial charge is 0.490 e. The number of benzene rings is 1. The van der Waals surface area contributed by atoms with E-state index in [0.29, 0.717) is 35.4 Å². The number of rotatable bonds is 7. The van der Waals surface area contributed by atoms with Gasteiger partial charge < -0.3 is 19.5 Å². The third-order valence-electron chi connectivity index (χ3n) is 2.16. The van der Waals surface area contributed by atoms with Gasteiger partial charge in [-0.15, -0.1) is 0 Å². The molecular formula is C13H18ClNO4. The number of carbonyl (C=O) groups excluding carboxylic acids is 1. The first-order chi connectivity index (χ1) is 9.12. The van der Waals surface area contributed by atoms with Crippen LogP contribution in [0.25, 0.3) is 0 Å². The van der Waals surface area contributed by atoms with Crippen molar-refractivity contribution in [1.82, 2.24) is 0 Å². The quantitative estimate of drug-likeness (QED) is 0.838. The minimum atomic E-state index is -0.259. The van der Waals surface area contributed by atoms with Gasteiger partial charge in [-0.1, -0.05) is 11.6 Å². The Kier molecular flexibility index (Phi) is 6.45. The summed E-state index contributed by atoms with van der Waals surface area (Å²) in [7, 11) is 1.45. The zero-order valence-corrected chi connectivity index (χ0v) is 12.0. The van der Waals surface area contributed by atoms with E-state index >= 15 is 0 Å². The molecule has 0 fully saturated rings. The number of anilines is 1. The van der Waals surface area contributed by atoms with Gasteiger partial charge >= 0.3 is 0 Å². The lowest BCUT2D eigenvalue weighted by atomic mass is 10.2. The summed E-state index contributed by atoms with van der Waals surface area (Å²) >= 11 is 6.12. The summed E-state index contributed by atoms with van der Waals surface area (Å²) in [6, 6.07) is 3.29. The van der Waals surface area contributed by atoms with Crippen LogP contribution in [0.15, 0.2) is 12.1 Å². The summed E-state index contributed by atoms with van der Waals surface area (Å²) in [5.74, 6) is 0.727. The standard InChI is InChI=1S/C13H18ClNO4/c1-4-18-11-7-9(15-12(16)8-17-3)6-10(14)13(11)19-5-2/h6-7H,4-5,8H2,1-3H3,(H,15,16).